The van der Waals surface area contributed by atoms with Crippen LogP contribution < -0.4 is 24.8 Å². The van der Waals surface area contributed by atoms with Gasteiger partial charge in [0.25, 0.3) is 0 Å². The molecule has 7 aromatic carbocycles. The molecule has 7 aromatic rings. The molecule has 0 saturated carbocycles. The smallest absolute Gasteiger partial charge is 0.0184 e. The molecule has 0 aromatic heterocycles. The number of halogens is 2. The zero-order chi connectivity index (χ0) is 37.4. The summed E-state index contributed by atoms with van der Waals surface area (Å²) in [6.45, 7) is 13.6. The van der Waals surface area contributed by atoms with E-state index in [9.17, 15) is 0 Å². The van der Waals surface area contributed by atoms with Crippen molar-refractivity contribution in [2.24, 2.45) is 0 Å². The number of rotatable bonds is 2. The minimum Gasteiger partial charge on any atom is -1.00 e. The molecule has 276 valence electrons. The number of fused-ring (bicyclic) bond motifs is 3. The van der Waals surface area contributed by atoms with Gasteiger partial charge in [-0.25, -0.2) is 12.1 Å². The first-order valence-corrected chi connectivity index (χ1v) is 19.8. The molecule has 3 heteroatoms. The van der Waals surface area contributed by atoms with Crippen LogP contribution in [0.1, 0.15) is 63.8 Å². The Hall–Kier alpha value is -4.00. The van der Waals surface area contributed by atoms with Crippen molar-refractivity contribution < 1.29 is 49.0 Å². The molecule has 1 aliphatic rings. The standard InChI is InChI=1S/C21H25.2C12H10.C5H5.CH2.2ClH.Zr/c1-20(2,3)16-7-9-18-14(12-16)11-15-13-17(21(4,5)6)8-10-19(15)18;2*1-3-7-11(8-4-1)12-9-5-2-6-10-12;1-2-4-5-3-1;;;;/h7-10,12H,11H2,1-6H3;2*1-10H;1-5H;1H2;2*1H;/q-1;;;-1;;;;+2/p-2. The van der Waals surface area contributed by atoms with Gasteiger partial charge in [0.15, 0.2) is 0 Å². The third-order valence-corrected chi connectivity index (χ3v) is 8.78. The first-order valence-electron chi connectivity index (χ1n) is 18.0. The van der Waals surface area contributed by atoms with Crippen LogP contribution in [0, 0.1) is 6.07 Å². The van der Waals surface area contributed by atoms with E-state index in [4.69, 9.17) is 0 Å². The van der Waals surface area contributed by atoms with Crippen molar-refractivity contribution in [2.75, 3.05) is 0 Å². The van der Waals surface area contributed by atoms with Gasteiger partial charge in [0.1, 0.15) is 0 Å². The maximum Gasteiger partial charge on any atom is -0.0184 e. The Bertz CT molecular complexity index is 1790. The minimum absolute atomic E-state index is 0. The molecule has 54 heavy (non-hydrogen) atoms. The van der Waals surface area contributed by atoms with Crippen LogP contribution in [0.15, 0.2) is 182 Å². The van der Waals surface area contributed by atoms with Crippen LogP contribution in [0.25, 0.3) is 33.4 Å². The van der Waals surface area contributed by atoms with Crippen molar-refractivity contribution >= 4 is 4.21 Å². The molecule has 0 bridgehead atoms. The molecule has 0 aliphatic heterocycles. The number of hydrogen-bond donors (Lipinski definition) is 0. The van der Waals surface area contributed by atoms with Crippen molar-refractivity contribution in [1.82, 2.24) is 0 Å². The van der Waals surface area contributed by atoms with Crippen LogP contribution in [0.3, 0.4) is 0 Å². The number of benzene rings is 6. The third kappa shape index (κ3) is 14.0. The molecule has 0 N–H and O–H groups in total. The molecule has 0 saturated heterocycles. The van der Waals surface area contributed by atoms with E-state index >= 15 is 0 Å². The second kappa shape index (κ2) is 23.0. The fraction of sp³-hybridized carbons (Fsp3) is 0.176. The Labute approximate surface area is 353 Å². The molecular formula is C51H52Cl2Zr-2. The summed E-state index contributed by atoms with van der Waals surface area (Å²) < 4.78 is 3.34. The van der Waals surface area contributed by atoms with Crippen LogP contribution in [0.5, 0.6) is 0 Å². The first-order chi connectivity index (χ1) is 25.1. The van der Waals surface area contributed by atoms with E-state index in [0.29, 0.717) is 0 Å². The average Bonchev–Trinajstić information content (AvgIpc) is 3.89. The van der Waals surface area contributed by atoms with Crippen molar-refractivity contribution in [3.05, 3.63) is 210 Å². The van der Waals surface area contributed by atoms with Crippen LogP contribution in [-0.2, 0) is 41.5 Å². The Morgan fingerprint density at radius 1 is 0.481 bits per heavy atom. The van der Waals surface area contributed by atoms with Gasteiger partial charge in [0, 0.05) is 0 Å². The summed E-state index contributed by atoms with van der Waals surface area (Å²) in [4.78, 5) is 0. The molecule has 0 radical (unpaired) electrons. The minimum atomic E-state index is 0. The Balaban J connectivity index is 0.000000264. The maximum atomic E-state index is 3.67. The molecule has 0 unspecified atom stereocenters. The molecule has 0 nitrogen and oxygen atoms in total. The van der Waals surface area contributed by atoms with E-state index < -0.39 is 0 Å². The summed E-state index contributed by atoms with van der Waals surface area (Å²) in [5, 5.41) is 0. The van der Waals surface area contributed by atoms with Gasteiger partial charge in [-0.15, -0.1) is 11.1 Å². The van der Waals surface area contributed by atoms with E-state index in [-0.39, 0.29) is 35.6 Å². The average molecular weight is 827 g/mol. The summed E-state index contributed by atoms with van der Waals surface area (Å²) in [5.41, 5.74) is 13.8. The topological polar surface area (TPSA) is 0 Å². The molecule has 0 atom stereocenters. The van der Waals surface area contributed by atoms with Crippen molar-refractivity contribution in [1.29, 1.82) is 0 Å². The van der Waals surface area contributed by atoms with Crippen LogP contribution in [0.4, 0.5) is 0 Å². The second-order valence-electron chi connectivity index (χ2n) is 14.7. The Morgan fingerprint density at radius 2 is 0.870 bits per heavy atom. The van der Waals surface area contributed by atoms with Gasteiger partial charge in [0.05, 0.1) is 0 Å². The second-order valence-corrected chi connectivity index (χ2v) is 14.7. The quantitative estimate of drug-likeness (QED) is 0.157. The monoisotopic (exact) mass is 824 g/mol. The first kappa shape index (κ1) is 46.2. The van der Waals surface area contributed by atoms with E-state index in [1.807, 2.05) is 54.6 Å². The maximum absolute atomic E-state index is 3.67. The number of hydrogen-bond acceptors (Lipinski definition) is 0. The molecule has 0 fully saturated rings. The summed E-state index contributed by atoms with van der Waals surface area (Å²) in [6, 6.07) is 66.7. The summed E-state index contributed by atoms with van der Waals surface area (Å²) in [5.74, 6) is 0. The molecule has 0 heterocycles. The van der Waals surface area contributed by atoms with Gasteiger partial charge in [0.2, 0.25) is 0 Å². The van der Waals surface area contributed by atoms with Gasteiger partial charge in [-0.3, -0.25) is 0 Å². The fourth-order valence-corrected chi connectivity index (χ4v) is 5.87. The van der Waals surface area contributed by atoms with Crippen LogP contribution in [0.2, 0.25) is 0 Å². The van der Waals surface area contributed by atoms with Crippen molar-refractivity contribution in [3.63, 3.8) is 0 Å². The van der Waals surface area contributed by atoms with Gasteiger partial charge in [-0.2, -0.15) is 42.0 Å². The third-order valence-electron chi connectivity index (χ3n) is 8.78. The van der Waals surface area contributed by atoms with E-state index in [2.05, 4.69) is 179 Å². The van der Waals surface area contributed by atoms with Crippen LogP contribution in [-0.4, -0.2) is 4.21 Å². The predicted octanol–water partition coefficient (Wildman–Crippen LogP) is 7.74. The normalized spacial score (nSPS) is 10.6. The molecule has 0 spiro atoms. The molecule has 0 amide bonds. The van der Waals surface area contributed by atoms with Crippen LogP contribution >= 0.6 is 0 Å². The van der Waals surface area contributed by atoms with E-state index in [1.165, 1.54) is 79.9 Å². The van der Waals surface area contributed by atoms with Crippen molar-refractivity contribution in [2.45, 2.75) is 58.8 Å². The zero-order valence-corrected chi connectivity index (χ0v) is 36.5. The SMILES string of the molecule is CC(C)(C)c1[c-]c2c(cc1)-c1ccc(C(C)(C)C)cc1C2.[CH2]=[Zr+2].[Cl-].[Cl-].c1cc[cH-]c1.c1ccc(-c2ccccc2)cc1.c1ccc(-c2ccccc2)cc1. The van der Waals surface area contributed by atoms with Gasteiger partial charge in [-0.05, 0) is 50.6 Å². The van der Waals surface area contributed by atoms with Gasteiger partial charge >= 0.3 is 28.4 Å². The fourth-order valence-electron chi connectivity index (χ4n) is 5.87. The summed E-state index contributed by atoms with van der Waals surface area (Å²) in [6.07, 6.45) is 1.03. The Kier molecular flexibility index (Phi) is 19.7. The van der Waals surface area contributed by atoms with E-state index in [0.717, 1.165) is 6.42 Å². The van der Waals surface area contributed by atoms with Gasteiger partial charge < -0.3 is 24.8 Å². The zero-order valence-electron chi connectivity index (χ0n) is 32.5. The van der Waals surface area contributed by atoms with E-state index in [1.54, 1.807) is 0 Å². The summed E-state index contributed by atoms with van der Waals surface area (Å²) >= 11 is 1.30. The summed E-state index contributed by atoms with van der Waals surface area (Å²) in [7, 11) is 0. The molecular weight excluding hydrogens is 775 g/mol. The van der Waals surface area contributed by atoms with Crippen molar-refractivity contribution in [3.8, 4) is 33.4 Å². The molecule has 8 rings (SSSR count). The molecule has 1 aliphatic carbocycles. The predicted molar refractivity (Wildman–Crippen MR) is 224 cm³/mol. The largest absolute Gasteiger partial charge is 1.00 e. The Morgan fingerprint density at radius 3 is 1.20 bits per heavy atom. The van der Waals surface area contributed by atoms with Gasteiger partial charge in [-0.1, -0.05) is 187 Å².